The zero-order valence-electron chi connectivity index (χ0n) is 17.9. The van der Waals surface area contributed by atoms with Gasteiger partial charge in [-0.3, -0.25) is 14.5 Å². The summed E-state index contributed by atoms with van der Waals surface area (Å²) in [4.78, 5) is 30.0. The number of carbonyl (C=O) groups is 2. The number of aliphatic hydroxyl groups is 1. The van der Waals surface area contributed by atoms with Gasteiger partial charge in [-0.25, -0.2) is 0 Å². The number of amides is 1. The molecule has 0 radical (unpaired) electrons. The Labute approximate surface area is 195 Å². The van der Waals surface area contributed by atoms with Gasteiger partial charge in [0.1, 0.15) is 11.5 Å². The number of nitrogens with zero attached hydrogens (tertiary/aromatic N) is 2. The molecule has 8 heteroatoms. The zero-order chi connectivity index (χ0) is 22.7. The average molecular weight is 500 g/mol. The Bertz CT molecular complexity index is 1010. The Hall–Kier alpha value is -2.68. The maximum absolute atomic E-state index is 13.1. The molecule has 0 aromatic heterocycles. The number of likely N-dealkylation sites (tertiary alicyclic amines) is 1. The summed E-state index contributed by atoms with van der Waals surface area (Å²) in [6.45, 7) is 4.70. The van der Waals surface area contributed by atoms with Gasteiger partial charge in [0.2, 0.25) is 0 Å². The Balaban J connectivity index is 1.71. The lowest BCUT2D eigenvalue weighted by atomic mass is 9.95. The van der Waals surface area contributed by atoms with Gasteiger partial charge in [0.25, 0.3) is 11.7 Å². The fourth-order valence-electron chi connectivity index (χ4n) is 4.19. The van der Waals surface area contributed by atoms with Crippen LogP contribution in [0, 0.1) is 0 Å². The van der Waals surface area contributed by atoms with Crippen molar-refractivity contribution in [3.05, 3.63) is 69.7 Å². The van der Waals surface area contributed by atoms with Crippen LogP contribution < -0.4 is 10.1 Å². The van der Waals surface area contributed by atoms with Crippen LogP contribution in [-0.2, 0) is 9.59 Å². The van der Waals surface area contributed by atoms with Crippen LogP contribution in [0.15, 0.2) is 58.6 Å². The van der Waals surface area contributed by atoms with Crippen LogP contribution in [0.5, 0.6) is 5.75 Å². The van der Waals surface area contributed by atoms with Crippen molar-refractivity contribution in [1.29, 1.82) is 0 Å². The van der Waals surface area contributed by atoms with Gasteiger partial charge in [-0.1, -0.05) is 28.1 Å². The van der Waals surface area contributed by atoms with Gasteiger partial charge in [-0.05, 0) is 42.0 Å². The highest BCUT2D eigenvalue weighted by atomic mass is 79.9. The van der Waals surface area contributed by atoms with Crippen molar-refractivity contribution in [2.75, 3.05) is 46.4 Å². The van der Waals surface area contributed by atoms with Crippen LogP contribution >= 0.6 is 15.9 Å². The summed E-state index contributed by atoms with van der Waals surface area (Å²) in [5.74, 6) is -0.777. The normalized spacial score (nSPS) is 21.2. The number of aliphatic hydroxyl groups excluding tert-OH is 1. The van der Waals surface area contributed by atoms with Gasteiger partial charge in [0.15, 0.2) is 0 Å². The van der Waals surface area contributed by atoms with Crippen LogP contribution in [0.25, 0.3) is 5.76 Å². The Kier molecular flexibility index (Phi) is 6.93. The molecule has 2 fully saturated rings. The molecule has 7 nitrogen and oxygen atoms in total. The molecule has 168 valence electrons. The van der Waals surface area contributed by atoms with Crippen molar-refractivity contribution in [1.82, 2.24) is 15.1 Å². The fourth-order valence-corrected chi connectivity index (χ4v) is 4.45. The smallest absolute Gasteiger partial charge is 0.295 e. The minimum atomic E-state index is -0.661. The third-order valence-corrected chi connectivity index (χ3v) is 6.48. The SMILES string of the molecule is COc1ccc(C(O)=C2C(=O)C(=O)N(CCN3CCNCC3)C2c2ccc(Br)cc2)cc1. The van der Waals surface area contributed by atoms with E-state index in [9.17, 15) is 14.7 Å². The lowest BCUT2D eigenvalue weighted by Gasteiger charge is -2.31. The second-order valence-corrected chi connectivity index (χ2v) is 8.78. The third kappa shape index (κ3) is 4.57. The highest BCUT2D eigenvalue weighted by Gasteiger charge is 2.46. The molecule has 0 saturated carbocycles. The van der Waals surface area contributed by atoms with Crippen molar-refractivity contribution in [2.45, 2.75) is 6.04 Å². The number of carbonyl (C=O) groups excluding carboxylic acids is 2. The molecule has 0 bridgehead atoms. The summed E-state index contributed by atoms with van der Waals surface area (Å²) in [5, 5.41) is 14.4. The quantitative estimate of drug-likeness (QED) is 0.361. The molecule has 2 aromatic carbocycles. The van der Waals surface area contributed by atoms with E-state index in [-0.39, 0.29) is 11.3 Å². The van der Waals surface area contributed by atoms with E-state index < -0.39 is 17.7 Å². The second kappa shape index (κ2) is 9.85. The number of halogens is 1. The van der Waals surface area contributed by atoms with E-state index in [0.29, 0.717) is 24.4 Å². The molecule has 2 saturated heterocycles. The van der Waals surface area contributed by atoms with Crippen LogP contribution in [0.3, 0.4) is 0 Å². The number of benzene rings is 2. The first-order valence-electron chi connectivity index (χ1n) is 10.6. The standard InChI is InChI=1S/C24H26BrN3O4/c1-32-19-8-4-17(5-9-19)22(29)20-21(16-2-6-18(25)7-3-16)28(24(31)23(20)30)15-14-27-12-10-26-11-13-27/h2-9,21,26,29H,10-15H2,1H3. The van der Waals surface area contributed by atoms with Gasteiger partial charge in [-0.2, -0.15) is 0 Å². The number of ketones is 1. The predicted molar refractivity (Wildman–Crippen MR) is 125 cm³/mol. The van der Waals surface area contributed by atoms with Crippen molar-refractivity contribution < 1.29 is 19.4 Å². The molecule has 1 amide bonds. The molecule has 1 unspecified atom stereocenters. The number of hydrogen-bond donors (Lipinski definition) is 2. The van der Waals surface area contributed by atoms with Gasteiger partial charge >= 0.3 is 0 Å². The van der Waals surface area contributed by atoms with Crippen LogP contribution in [0.1, 0.15) is 17.2 Å². The van der Waals surface area contributed by atoms with Gasteiger partial charge in [0.05, 0.1) is 18.7 Å². The van der Waals surface area contributed by atoms with E-state index in [2.05, 4.69) is 26.1 Å². The molecular formula is C24H26BrN3O4. The van der Waals surface area contributed by atoms with E-state index in [1.54, 1.807) is 36.3 Å². The van der Waals surface area contributed by atoms with E-state index >= 15 is 0 Å². The van der Waals surface area contributed by atoms with Crippen LogP contribution in [0.4, 0.5) is 0 Å². The van der Waals surface area contributed by atoms with Crippen molar-refractivity contribution in [2.24, 2.45) is 0 Å². The molecular weight excluding hydrogens is 474 g/mol. The van der Waals surface area contributed by atoms with Crippen molar-refractivity contribution in [3.63, 3.8) is 0 Å². The maximum atomic E-state index is 13.1. The summed E-state index contributed by atoms with van der Waals surface area (Å²) >= 11 is 3.44. The maximum Gasteiger partial charge on any atom is 0.295 e. The van der Waals surface area contributed by atoms with E-state index in [4.69, 9.17) is 4.74 Å². The number of piperazine rings is 1. The predicted octanol–water partition coefficient (Wildman–Crippen LogP) is 2.78. The van der Waals surface area contributed by atoms with Gasteiger partial charge < -0.3 is 20.1 Å². The summed E-state index contributed by atoms with van der Waals surface area (Å²) in [6, 6.07) is 13.6. The first kappa shape index (κ1) is 22.5. The first-order chi connectivity index (χ1) is 15.5. The Morgan fingerprint density at radius 1 is 1.06 bits per heavy atom. The number of rotatable bonds is 6. The van der Waals surface area contributed by atoms with E-state index in [0.717, 1.165) is 36.2 Å². The lowest BCUT2D eigenvalue weighted by molar-refractivity contribution is -0.140. The summed E-state index contributed by atoms with van der Waals surface area (Å²) < 4.78 is 6.08. The number of hydrogen-bond acceptors (Lipinski definition) is 6. The van der Waals surface area contributed by atoms with E-state index in [1.807, 2.05) is 24.3 Å². The lowest BCUT2D eigenvalue weighted by Crippen LogP contribution is -2.46. The van der Waals surface area contributed by atoms with E-state index in [1.165, 1.54) is 0 Å². The first-order valence-corrected chi connectivity index (χ1v) is 11.4. The molecule has 32 heavy (non-hydrogen) atoms. The minimum Gasteiger partial charge on any atom is -0.507 e. The molecule has 0 spiro atoms. The molecule has 2 N–H and O–H groups in total. The minimum absolute atomic E-state index is 0.114. The molecule has 2 aliphatic rings. The summed E-state index contributed by atoms with van der Waals surface area (Å²) in [6.07, 6.45) is 0. The van der Waals surface area contributed by atoms with Crippen LogP contribution in [-0.4, -0.2) is 73.0 Å². The van der Waals surface area contributed by atoms with Gasteiger partial charge in [0, 0.05) is 49.3 Å². The molecule has 4 rings (SSSR count). The van der Waals surface area contributed by atoms with Crippen molar-refractivity contribution in [3.8, 4) is 5.75 Å². The third-order valence-electron chi connectivity index (χ3n) is 5.96. The second-order valence-electron chi connectivity index (χ2n) is 7.86. The topological polar surface area (TPSA) is 82.1 Å². The summed E-state index contributed by atoms with van der Waals surface area (Å²) in [5.41, 5.74) is 1.36. The highest BCUT2D eigenvalue weighted by molar-refractivity contribution is 9.10. The molecule has 2 heterocycles. The van der Waals surface area contributed by atoms with Crippen LogP contribution in [0.2, 0.25) is 0 Å². The Morgan fingerprint density at radius 2 is 1.72 bits per heavy atom. The molecule has 1 atom stereocenters. The number of methoxy groups -OCH3 is 1. The highest BCUT2D eigenvalue weighted by Crippen LogP contribution is 2.39. The average Bonchev–Trinajstić information content (AvgIpc) is 3.08. The monoisotopic (exact) mass is 499 g/mol. The Morgan fingerprint density at radius 3 is 2.34 bits per heavy atom. The molecule has 0 aliphatic carbocycles. The number of Topliss-reactive ketones (excluding diaryl/α,β-unsaturated/α-hetero) is 1. The largest absolute Gasteiger partial charge is 0.507 e. The fraction of sp³-hybridized carbons (Fsp3) is 0.333. The number of nitrogens with one attached hydrogen (secondary N) is 1. The zero-order valence-corrected chi connectivity index (χ0v) is 19.5. The van der Waals surface area contributed by atoms with Gasteiger partial charge in [-0.15, -0.1) is 0 Å². The summed E-state index contributed by atoms with van der Waals surface area (Å²) in [7, 11) is 1.56. The molecule has 2 aromatic rings. The molecule has 2 aliphatic heterocycles. The van der Waals surface area contributed by atoms with Crippen molar-refractivity contribution >= 4 is 33.4 Å². The number of ether oxygens (including phenoxy) is 1.